The summed E-state index contributed by atoms with van der Waals surface area (Å²) in [6, 6.07) is 17.3. The van der Waals surface area contributed by atoms with E-state index >= 15 is 0 Å². The molecule has 5 nitrogen and oxygen atoms in total. The lowest BCUT2D eigenvalue weighted by Gasteiger charge is -2.29. The Balaban J connectivity index is 2.48. The number of aromatic hydroxyl groups is 1. The van der Waals surface area contributed by atoms with Crippen molar-refractivity contribution in [1.82, 2.24) is 0 Å². The van der Waals surface area contributed by atoms with Crippen molar-refractivity contribution >= 4 is 23.8 Å². The zero-order valence-electron chi connectivity index (χ0n) is 19.7. The molecule has 32 heavy (non-hydrogen) atoms. The van der Waals surface area contributed by atoms with Crippen molar-refractivity contribution in [2.75, 3.05) is 28.4 Å². The molecule has 3 rings (SSSR count). The molecule has 0 spiro atoms. The van der Waals surface area contributed by atoms with Crippen LogP contribution in [0.3, 0.4) is 0 Å². The number of methoxy groups -OCH3 is 4. The molecule has 0 radical (unpaired) electrons. The molecule has 0 aliphatic carbocycles. The Morgan fingerprint density at radius 1 is 0.625 bits per heavy atom. The Kier molecular flexibility index (Phi) is 7.20. The number of rotatable bonds is 7. The van der Waals surface area contributed by atoms with Crippen LogP contribution in [-0.4, -0.2) is 33.5 Å². The van der Waals surface area contributed by atoms with Crippen LogP contribution in [-0.2, 0) is 5.41 Å². The highest BCUT2D eigenvalue weighted by Gasteiger charge is 2.33. The third kappa shape index (κ3) is 4.35. The van der Waals surface area contributed by atoms with Gasteiger partial charge in [-0.2, -0.15) is 0 Å². The van der Waals surface area contributed by atoms with Gasteiger partial charge in [-0.1, -0.05) is 51.1 Å². The molecule has 3 aromatic carbocycles. The smallest absolute Gasteiger partial charge is 0.130 e. The Labute approximate surface area is 191 Å². The van der Waals surface area contributed by atoms with Gasteiger partial charge in [0.1, 0.15) is 28.7 Å². The molecular weight excluding hydrogens is 423 g/mol. The van der Waals surface area contributed by atoms with Gasteiger partial charge in [0.15, 0.2) is 0 Å². The Morgan fingerprint density at radius 3 is 1.34 bits per heavy atom. The Morgan fingerprint density at radius 2 is 1.00 bits per heavy atom. The Hall–Kier alpha value is -2.91. The average Bonchev–Trinajstić information content (AvgIpc) is 2.79. The second-order valence-electron chi connectivity index (χ2n) is 8.28. The van der Waals surface area contributed by atoms with Crippen LogP contribution in [0.1, 0.15) is 26.3 Å². The van der Waals surface area contributed by atoms with Gasteiger partial charge in [0.25, 0.3) is 0 Å². The van der Waals surface area contributed by atoms with Gasteiger partial charge < -0.3 is 24.1 Å². The predicted octanol–water partition coefficient (Wildman–Crippen LogP) is 4.48. The fourth-order valence-electron chi connectivity index (χ4n) is 3.77. The van der Waals surface area contributed by atoms with Crippen LogP contribution in [0.5, 0.6) is 28.7 Å². The highest BCUT2D eigenvalue weighted by molar-refractivity contribution is 7.80. The van der Waals surface area contributed by atoms with Crippen LogP contribution in [0.25, 0.3) is 0 Å². The zero-order valence-corrected chi connectivity index (χ0v) is 20.6. The number of hydrogen-bond donors (Lipinski definition) is 1. The predicted molar refractivity (Wildman–Crippen MR) is 132 cm³/mol. The van der Waals surface area contributed by atoms with E-state index in [1.807, 2.05) is 54.6 Å². The molecular formula is C26H31O5P. The minimum atomic E-state index is -1.39. The van der Waals surface area contributed by atoms with Gasteiger partial charge in [0, 0.05) is 13.2 Å². The van der Waals surface area contributed by atoms with Crippen LogP contribution >= 0.6 is 7.92 Å². The number of phenolic OH excluding ortho intramolecular Hbond substituents is 1. The maximum Gasteiger partial charge on any atom is 0.130 e. The standard InChI is InChI=1S/C26H31O5P/c1-26(2,3)17-11-8-16-22(23(17)27)32(24-18(28-4)12-9-13-19(24)29-5)25-20(30-6)14-10-15-21(25)31-7/h8-16,27H,1-7H3. The van der Waals surface area contributed by atoms with E-state index in [0.717, 1.165) is 21.5 Å². The molecule has 6 heteroatoms. The van der Waals surface area contributed by atoms with Gasteiger partial charge in [-0.3, -0.25) is 0 Å². The fourth-order valence-corrected chi connectivity index (χ4v) is 6.59. The second-order valence-corrected chi connectivity index (χ2v) is 10.3. The van der Waals surface area contributed by atoms with E-state index in [1.54, 1.807) is 28.4 Å². The van der Waals surface area contributed by atoms with Gasteiger partial charge >= 0.3 is 0 Å². The quantitative estimate of drug-likeness (QED) is 0.534. The first-order chi connectivity index (χ1) is 15.3. The molecule has 0 aromatic heterocycles. The lowest BCUT2D eigenvalue weighted by atomic mass is 9.86. The summed E-state index contributed by atoms with van der Waals surface area (Å²) in [6.45, 7) is 6.25. The van der Waals surface area contributed by atoms with Crippen LogP contribution < -0.4 is 34.9 Å². The highest BCUT2D eigenvalue weighted by atomic mass is 31.1. The molecule has 0 saturated carbocycles. The van der Waals surface area contributed by atoms with Gasteiger partial charge in [-0.25, -0.2) is 0 Å². The maximum atomic E-state index is 11.5. The first-order valence-corrected chi connectivity index (χ1v) is 11.7. The molecule has 0 aliphatic heterocycles. The SMILES string of the molecule is COc1cccc(OC)c1P(c1cccc(C(C)(C)C)c1O)c1c(OC)cccc1OC. The molecule has 0 bridgehead atoms. The molecule has 0 atom stereocenters. The summed E-state index contributed by atoms with van der Waals surface area (Å²) < 4.78 is 23.1. The van der Waals surface area contributed by atoms with Crippen molar-refractivity contribution in [3.8, 4) is 28.7 Å². The minimum Gasteiger partial charge on any atom is -0.507 e. The molecule has 1 N–H and O–H groups in total. The van der Waals surface area contributed by atoms with Crippen molar-refractivity contribution in [3.63, 3.8) is 0 Å². The molecule has 0 unspecified atom stereocenters. The summed E-state index contributed by atoms with van der Waals surface area (Å²) in [5.41, 5.74) is 0.627. The largest absolute Gasteiger partial charge is 0.507 e. The summed E-state index contributed by atoms with van der Waals surface area (Å²) in [5, 5.41) is 14.0. The van der Waals surface area contributed by atoms with Crippen LogP contribution in [0.15, 0.2) is 54.6 Å². The molecule has 0 aliphatic rings. The van der Waals surface area contributed by atoms with Crippen LogP contribution in [0.4, 0.5) is 0 Å². The van der Waals surface area contributed by atoms with Gasteiger partial charge in [-0.05, 0) is 35.2 Å². The number of para-hydroxylation sites is 1. The molecule has 3 aromatic rings. The zero-order chi connectivity index (χ0) is 23.5. The minimum absolute atomic E-state index is 0.239. The van der Waals surface area contributed by atoms with E-state index in [9.17, 15) is 5.11 Å². The number of hydrogen-bond acceptors (Lipinski definition) is 5. The molecule has 170 valence electrons. The summed E-state index contributed by atoms with van der Waals surface area (Å²) in [5.74, 6) is 2.94. The van der Waals surface area contributed by atoms with Crippen molar-refractivity contribution in [2.45, 2.75) is 26.2 Å². The number of ether oxygens (including phenoxy) is 4. The summed E-state index contributed by atoms with van der Waals surface area (Å²) in [6.07, 6.45) is 0. The van der Waals surface area contributed by atoms with E-state index in [-0.39, 0.29) is 11.2 Å². The van der Waals surface area contributed by atoms with Gasteiger partial charge in [-0.15, -0.1) is 0 Å². The monoisotopic (exact) mass is 454 g/mol. The van der Waals surface area contributed by atoms with Crippen molar-refractivity contribution < 1.29 is 24.1 Å². The van der Waals surface area contributed by atoms with Crippen molar-refractivity contribution in [2.24, 2.45) is 0 Å². The molecule has 0 heterocycles. The van der Waals surface area contributed by atoms with Crippen LogP contribution in [0, 0.1) is 0 Å². The van der Waals surface area contributed by atoms with Gasteiger partial charge in [0.05, 0.1) is 39.0 Å². The molecule has 0 saturated heterocycles. The summed E-state index contributed by atoms with van der Waals surface area (Å²) >= 11 is 0. The van der Waals surface area contributed by atoms with E-state index in [1.165, 1.54) is 0 Å². The third-order valence-corrected chi connectivity index (χ3v) is 7.93. The first kappa shape index (κ1) is 23.7. The maximum absolute atomic E-state index is 11.5. The second kappa shape index (κ2) is 9.70. The third-order valence-electron chi connectivity index (χ3n) is 5.31. The number of phenols is 1. The molecule has 0 fully saturated rings. The lowest BCUT2D eigenvalue weighted by molar-refractivity contribution is 0.399. The van der Waals surface area contributed by atoms with Crippen molar-refractivity contribution in [3.05, 3.63) is 60.2 Å². The lowest BCUT2D eigenvalue weighted by Crippen LogP contribution is -2.27. The average molecular weight is 455 g/mol. The summed E-state index contributed by atoms with van der Waals surface area (Å²) in [7, 11) is 5.16. The topological polar surface area (TPSA) is 57.2 Å². The Bertz CT molecular complexity index is 988. The number of benzene rings is 3. The summed E-state index contributed by atoms with van der Waals surface area (Å²) in [4.78, 5) is 0. The first-order valence-electron chi connectivity index (χ1n) is 10.3. The molecule has 0 amide bonds. The van der Waals surface area contributed by atoms with Gasteiger partial charge in [0.2, 0.25) is 0 Å². The normalized spacial score (nSPS) is 11.4. The fraction of sp³-hybridized carbons (Fsp3) is 0.308. The van der Waals surface area contributed by atoms with E-state index in [2.05, 4.69) is 20.8 Å². The van der Waals surface area contributed by atoms with Crippen molar-refractivity contribution in [1.29, 1.82) is 0 Å². The van der Waals surface area contributed by atoms with Crippen LogP contribution in [0.2, 0.25) is 0 Å². The van der Waals surface area contributed by atoms with E-state index < -0.39 is 7.92 Å². The van der Waals surface area contributed by atoms with E-state index in [4.69, 9.17) is 18.9 Å². The van der Waals surface area contributed by atoms with E-state index in [0.29, 0.717) is 23.0 Å². The highest BCUT2D eigenvalue weighted by Crippen LogP contribution is 2.48.